The molecular weight excluding hydrogens is 281 g/mol. The minimum atomic E-state index is -0.305. The van der Waals surface area contributed by atoms with E-state index >= 15 is 0 Å². The van der Waals surface area contributed by atoms with Crippen LogP contribution in [0, 0.1) is 12.7 Å². The highest BCUT2D eigenvalue weighted by Gasteiger charge is 2.18. The Balaban J connectivity index is 2.21. The summed E-state index contributed by atoms with van der Waals surface area (Å²) in [7, 11) is 0. The molecular formula is C16H18FN5. The fourth-order valence-corrected chi connectivity index (χ4v) is 2.36. The molecule has 114 valence electrons. The van der Waals surface area contributed by atoms with Gasteiger partial charge < -0.3 is 5.32 Å². The third kappa shape index (κ3) is 2.64. The van der Waals surface area contributed by atoms with Gasteiger partial charge >= 0.3 is 0 Å². The van der Waals surface area contributed by atoms with Crippen molar-refractivity contribution in [2.24, 2.45) is 0 Å². The first kappa shape index (κ1) is 14.4. The quantitative estimate of drug-likeness (QED) is 0.787. The molecule has 0 bridgehead atoms. The zero-order valence-electron chi connectivity index (χ0n) is 13.1. The molecule has 0 unspecified atom stereocenters. The van der Waals surface area contributed by atoms with Gasteiger partial charge in [-0.2, -0.15) is 5.10 Å². The summed E-state index contributed by atoms with van der Waals surface area (Å²) < 4.78 is 15.1. The third-order valence-corrected chi connectivity index (χ3v) is 3.19. The molecule has 0 amide bonds. The molecule has 0 spiro atoms. The fraction of sp³-hybridized carbons (Fsp3) is 0.312. The van der Waals surface area contributed by atoms with E-state index in [4.69, 9.17) is 0 Å². The van der Waals surface area contributed by atoms with Crippen molar-refractivity contribution in [1.29, 1.82) is 0 Å². The highest BCUT2D eigenvalue weighted by Crippen LogP contribution is 2.27. The van der Waals surface area contributed by atoms with Crippen LogP contribution < -0.4 is 5.32 Å². The molecule has 2 heterocycles. The number of hydrogen-bond acceptors (Lipinski definition) is 4. The first-order valence-electron chi connectivity index (χ1n) is 7.09. The van der Waals surface area contributed by atoms with Crippen molar-refractivity contribution < 1.29 is 4.39 Å². The monoisotopic (exact) mass is 299 g/mol. The van der Waals surface area contributed by atoms with Crippen LogP contribution in [0.1, 0.15) is 26.5 Å². The van der Waals surface area contributed by atoms with Gasteiger partial charge in [0, 0.05) is 5.54 Å². The molecule has 6 heteroatoms. The normalized spacial score (nSPS) is 11.9. The van der Waals surface area contributed by atoms with Gasteiger partial charge in [-0.25, -0.2) is 19.0 Å². The topological polar surface area (TPSA) is 55.6 Å². The van der Waals surface area contributed by atoms with Gasteiger partial charge in [-0.15, -0.1) is 0 Å². The standard InChI is InChI=1S/C16H18FN5/c1-10-13-14(20-16(2,3)4)18-9-19-15(13)22(21-10)12-7-5-6-11(17)8-12/h5-9H,1-4H3,(H,18,19,20). The lowest BCUT2D eigenvalue weighted by atomic mass is 10.1. The number of rotatable bonds is 2. The molecule has 5 nitrogen and oxygen atoms in total. The van der Waals surface area contributed by atoms with Crippen molar-refractivity contribution in [1.82, 2.24) is 19.7 Å². The molecule has 3 rings (SSSR count). The Morgan fingerprint density at radius 3 is 2.64 bits per heavy atom. The summed E-state index contributed by atoms with van der Waals surface area (Å²) in [4.78, 5) is 8.65. The van der Waals surface area contributed by atoms with E-state index in [1.807, 2.05) is 6.92 Å². The summed E-state index contributed by atoms with van der Waals surface area (Å²) in [5.74, 6) is 0.429. The van der Waals surface area contributed by atoms with Crippen molar-refractivity contribution in [2.45, 2.75) is 33.2 Å². The van der Waals surface area contributed by atoms with Crippen molar-refractivity contribution in [2.75, 3.05) is 5.32 Å². The molecule has 0 fully saturated rings. The van der Waals surface area contributed by atoms with E-state index in [0.29, 0.717) is 11.3 Å². The van der Waals surface area contributed by atoms with E-state index in [-0.39, 0.29) is 11.4 Å². The molecule has 0 aliphatic carbocycles. The van der Waals surface area contributed by atoms with Gasteiger partial charge in [0.15, 0.2) is 5.65 Å². The minimum absolute atomic E-state index is 0.130. The predicted molar refractivity (Wildman–Crippen MR) is 84.7 cm³/mol. The lowest BCUT2D eigenvalue weighted by Gasteiger charge is -2.21. The largest absolute Gasteiger partial charge is 0.365 e. The van der Waals surface area contributed by atoms with Crippen molar-refractivity contribution >= 4 is 16.9 Å². The van der Waals surface area contributed by atoms with Crippen LogP contribution in [0.4, 0.5) is 10.2 Å². The van der Waals surface area contributed by atoms with Crippen molar-refractivity contribution in [3.05, 3.63) is 42.1 Å². The van der Waals surface area contributed by atoms with Crippen LogP contribution in [-0.4, -0.2) is 25.3 Å². The number of hydrogen-bond donors (Lipinski definition) is 1. The SMILES string of the molecule is Cc1nn(-c2cccc(F)c2)c2ncnc(NC(C)(C)C)c12. The maximum atomic E-state index is 13.5. The number of halogens is 1. The molecule has 0 radical (unpaired) electrons. The third-order valence-electron chi connectivity index (χ3n) is 3.19. The average Bonchev–Trinajstić information content (AvgIpc) is 2.76. The Labute approximate surface area is 128 Å². The first-order chi connectivity index (χ1) is 10.3. The van der Waals surface area contributed by atoms with Gasteiger partial charge in [-0.3, -0.25) is 0 Å². The van der Waals surface area contributed by atoms with Crippen LogP contribution in [0.5, 0.6) is 0 Å². The fourth-order valence-electron chi connectivity index (χ4n) is 2.36. The Bertz CT molecular complexity index is 832. The van der Waals surface area contributed by atoms with E-state index in [2.05, 4.69) is 41.2 Å². The molecule has 0 atom stereocenters. The highest BCUT2D eigenvalue weighted by atomic mass is 19.1. The van der Waals surface area contributed by atoms with Gasteiger partial charge in [0.25, 0.3) is 0 Å². The summed E-state index contributed by atoms with van der Waals surface area (Å²) >= 11 is 0. The van der Waals surface area contributed by atoms with Crippen LogP contribution in [0.25, 0.3) is 16.7 Å². The van der Waals surface area contributed by atoms with E-state index in [1.54, 1.807) is 16.8 Å². The van der Waals surface area contributed by atoms with Crippen LogP contribution >= 0.6 is 0 Å². The van der Waals surface area contributed by atoms with Gasteiger partial charge in [-0.05, 0) is 45.9 Å². The van der Waals surface area contributed by atoms with Crippen LogP contribution in [0.3, 0.4) is 0 Å². The van der Waals surface area contributed by atoms with Crippen LogP contribution in [0.2, 0.25) is 0 Å². The number of nitrogens with zero attached hydrogens (tertiary/aromatic N) is 4. The molecule has 1 N–H and O–H groups in total. The van der Waals surface area contributed by atoms with E-state index in [1.165, 1.54) is 18.5 Å². The summed E-state index contributed by atoms with van der Waals surface area (Å²) in [5.41, 5.74) is 1.96. The highest BCUT2D eigenvalue weighted by molar-refractivity contribution is 5.90. The zero-order chi connectivity index (χ0) is 15.9. The van der Waals surface area contributed by atoms with E-state index in [0.717, 1.165) is 16.9 Å². The summed E-state index contributed by atoms with van der Waals surface area (Å²) in [6.07, 6.45) is 1.49. The summed E-state index contributed by atoms with van der Waals surface area (Å²) in [6.45, 7) is 8.09. The lowest BCUT2D eigenvalue weighted by Crippen LogP contribution is -2.26. The van der Waals surface area contributed by atoms with E-state index in [9.17, 15) is 4.39 Å². The Hall–Kier alpha value is -2.50. The predicted octanol–water partition coefficient (Wildman–Crippen LogP) is 3.47. The van der Waals surface area contributed by atoms with Crippen molar-refractivity contribution in [3.63, 3.8) is 0 Å². The van der Waals surface area contributed by atoms with Gasteiger partial charge in [0.2, 0.25) is 0 Å². The van der Waals surface area contributed by atoms with Gasteiger partial charge in [0.1, 0.15) is 18.0 Å². The van der Waals surface area contributed by atoms with Gasteiger partial charge in [0.05, 0.1) is 16.8 Å². The summed E-state index contributed by atoms with van der Waals surface area (Å²) in [5, 5.41) is 8.71. The Kier molecular flexibility index (Phi) is 3.31. The molecule has 3 aromatic rings. The van der Waals surface area contributed by atoms with Crippen LogP contribution in [-0.2, 0) is 0 Å². The first-order valence-corrected chi connectivity index (χ1v) is 7.09. The molecule has 2 aromatic heterocycles. The summed E-state index contributed by atoms with van der Waals surface area (Å²) in [6, 6.07) is 6.30. The molecule has 22 heavy (non-hydrogen) atoms. The Morgan fingerprint density at radius 2 is 1.95 bits per heavy atom. The maximum absolute atomic E-state index is 13.5. The molecule has 0 saturated heterocycles. The number of nitrogens with one attached hydrogen (secondary N) is 1. The number of anilines is 1. The molecule has 1 aromatic carbocycles. The van der Waals surface area contributed by atoms with E-state index < -0.39 is 0 Å². The smallest absolute Gasteiger partial charge is 0.168 e. The number of fused-ring (bicyclic) bond motifs is 1. The minimum Gasteiger partial charge on any atom is -0.365 e. The molecule has 0 aliphatic heterocycles. The maximum Gasteiger partial charge on any atom is 0.168 e. The second-order valence-corrected chi connectivity index (χ2v) is 6.27. The zero-order valence-corrected chi connectivity index (χ0v) is 13.1. The number of aryl methyl sites for hydroxylation is 1. The lowest BCUT2D eigenvalue weighted by molar-refractivity contribution is 0.625. The number of aromatic nitrogens is 4. The second-order valence-electron chi connectivity index (χ2n) is 6.27. The second kappa shape index (κ2) is 5.05. The number of benzene rings is 1. The van der Waals surface area contributed by atoms with Gasteiger partial charge in [-0.1, -0.05) is 6.07 Å². The average molecular weight is 299 g/mol. The van der Waals surface area contributed by atoms with Crippen LogP contribution in [0.15, 0.2) is 30.6 Å². The molecule has 0 aliphatic rings. The molecule has 0 saturated carbocycles. The van der Waals surface area contributed by atoms with Crippen molar-refractivity contribution in [3.8, 4) is 5.69 Å². The Morgan fingerprint density at radius 1 is 1.18 bits per heavy atom.